The topological polar surface area (TPSA) is 55.1 Å². The number of carbonyl (C=O) groups is 1. The van der Waals surface area contributed by atoms with Crippen molar-refractivity contribution >= 4 is 5.91 Å². The number of amides is 1. The van der Waals surface area contributed by atoms with Gasteiger partial charge < -0.3 is 11.1 Å². The minimum Gasteiger partial charge on any atom is -0.356 e. The fourth-order valence-electron chi connectivity index (χ4n) is 2.32. The molecule has 0 saturated carbocycles. The van der Waals surface area contributed by atoms with Crippen molar-refractivity contribution in [2.75, 3.05) is 6.54 Å². The Hall–Kier alpha value is -2.13. The summed E-state index contributed by atoms with van der Waals surface area (Å²) in [6.07, 6.45) is 1.16. The molecule has 0 aliphatic rings. The van der Waals surface area contributed by atoms with E-state index in [0.29, 0.717) is 13.0 Å². The van der Waals surface area contributed by atoms with Crippen molar-refractivity contribution in [3.8, 4) is 0 Å². The van der Waals surface area contributed by atoms with E-state index in [4.69, 9.17) is 5.73 Å². The standard InChI is InChI=1S/C18H22N2O/c1-14-7-5-6-8-15(14)11-12-20-18(21)13-17(19)16-9-3-2-4-10-16/h2-10,17H,11-13,19H2,1H3,(H,20,21). The molecule has 2 aromatic rings. The van der Waals surface area contributed by atoms with Crippen LogP contribution in [-0.4, -0.2) is 12.5 Å². The lowest BCUT2D eigenvalue weighted by Crippen LogP contribution is -2.29. The molecule has 0 spiro atoms. The number of nitrogens with two attached hydrogens (primary N) is 1. The summed E-state index contributed by atoms with van der Waals surface area (Å²) < 4.78 is 0. The molecule has 3 N–H and O–H groups in total. The molecule has 1 unspecified atom stereocenters. The normalized spacial score (nSPS) is 11.9. The molecule has 3 nitrogen and oxygen atoms in total. The average molecular weight is 282 g/mol. The minimum atomic E-state index is -0.246. The number of benzene rings is 2. The summed E-state index contributed by atoms with van der Waals surface area (Å²) in [6.45, 7) is 2.73. The quantitative estimate of drug-likeness (QED) is 0.856. The van der Waals surface area contributed by atoms with Crippen LogP contribution in [0.4, 0.5) is 0 Å². The number of rotatable bonds is 6. The van der Waals surface area contributed by atoms with Crippen molar-refractivity contribution in [2.45, 2.75) is 25.8 Å². The zero-order valence-corrected chi connectivity index (χ0v) is 12.4. The Labute approximate surface area is 126 Å². The van der Waals surface area contributed by atoms with Crippen molar-refractivity contribution in [3.05, 3.63) is 71.3 Å². The van der Waals surface area contributed by atoms with Crippen molar-refractivity contribution in [1.29, 1.82) is 0 Å². The fraction of sp³-hybridized carbons (Fsp3) is 0.278. The third-order valence-electron chi connectivity index (χ3n) is 3.61. The van der Waals surface area contributed by atoms with Crippen molar-refractivity contribution < 1.29 is 4.79 Å². The van der Waals surface area contributed by atoms with Gasteiger partial charge in [-0.25, -0.2) is 0 Å². The molecule has 0 aliphatic heterocycles. The lowest BCUT2D eigenvalue weighted by atomic mass is 10.0. The van der Waals surface area contributed by atoms with Crippen LogP contribution in [-0.2, 0) is 11.2 Å². The van der Waals surface area contributed by atoms with Gasteiger partial charge in [-0.1, -0.05) is 54.6 Å². The predicted molar refractivity (Wildman–Crippen MR) is 85.9 cm³/mol. The van der Waals surface area contributed by atoms with Crippen LogP contribution >= 0.6 is 0 Å². The molecule has 1 atom stereocenters. The van der Waals surface area contributed by atoms with Crippen molar-refractivity contribution in [1.82, 2.24) is 5.32 Å². The van der Waals surface area contributed by atoms with Gasteiger partial charge in [-0.3, -0.25) is 4.79 Å². The highest BCUT2D eigenvalue weighted by Crippen LogP contribution is 2.13. The van der Waals surface area contributed by atoms with Gasteiger partial charge in [0.1, 0.15) is 0 Å². The molecule has 2 rings (SSSR count). The predicted octanol–water partition coefficient (Wildman–Crippen LogP) is 2.74. The summed E-state index contributed by atoms with van der Waals surface area (Å²) in [5.74, 6) is -0.0000581. The van der Waals surface area contributed by atoms with Gasteiger partial charge in [0.05, 0.1) is 0 Å². The van der Waals surface area contributed by atoms with Gasteiger partial charge in [0.25, 0.3) is 0 Å². The number of aryl methyl sites for hydroxylation is 1. The summed E-state index contributed by atoms with van der Waals surface area (Å²) in [6, 6.07) is 17.7. The summed E-state index contributed by atoms with van der Waals surface area (Å²) in [5.41, 5.74) is 9.56. The number of nitrogens with one attached hydrogen (secondary N) is 1. The van der Waals surface area contributed by atoms with Crippen LogP contribution in [0.15, 0.2) is 54.6 Å². The number of hydrogen-bond acceptors (Lipinski definition) is 2. The van der Waals surface area contributed by atoms with Gasteiger partial charge in [-0.05, 0) is 30.0 Å². The van der Waals surface area contributed by atoms with E-state index in [2.05, 4.69) is 24.4 Å². The van der Waals surface area contributed by atoms with Gasteiger partial charge in [0.2, 0.25) is 5.91 Å². The van der Waals surface area contributed by atoms with E-state index >= 15 is 0 Å². The average Bonchev–Trinajstić information content (AvgIpc) is 2.50. The second-order valence-corrected chi connectivity index (χ2v) is 5.25. The molecule has 0 saturated heterocycles. The second kappa shape index (κ2) is 7.60. The number of carbonyl (C=O) groups excluding carboxylic acids is 1. The van der Waals surface area contributed by atoms with E-state index in [1.807, 2.05) is 42.5 Å². The Bertz CT molecular complexity index is 581. The zero-order chi connectivity index (χ0) is 15.1. The highest BCUT2D eigenvalue weighted by atomic mass is 16.1. The Balaban J connectivity index is 1.76. The highest BCUT2D eigenvalue weighted by Gasteiger charge is 2.10. The van der Waals surface area contributed by atoms with E-state index in [1.54, 1.807) is 0 Å². The fourth-order valence-corrected chi connectivity index (χ4v) is 2.32. The molecule has 0 heterocycles. The summed E-state index contributed by atoms with van der Waals surface area (Å²) in [5, 5.41) is 2.94. The Kier molecular flexibility index (Phi) is 5.52. The van der Waals surface area contributed by atoms with E-state index in [9.17, 15) is 4.79 Å². The summed E-state index contributed by atoms with van der Waals surface area (Å²) in [7, 11) is 0. The van der Waals surface area contributed by atoms with Gasteiger partial charge in [0, 0.05) is 19.0 Å². The molecular formula is C18H22N2O. The number of hydrogen-bond donors (Lipinski definition) is 2. The zero-order valence-electron chi connectivity index (χ0n) is 12.4. The maximum Gasteiger partial charge on any atom is 0.221 e. The third kappa shape index (κ3) is 4.72. The minimum absolute atomic E-state index is 0.0000581. The van der Waals surface area contributed by atoms with Gasteiger partial charge >= 0.3 is 0 Å². The molecule has 21 heavy (non-hydrogen) atoms. The van der Waals surface area contributed by atoms with Crippen LogP contribution in [0, 0.1) is 6.92 Å². The Morgan fingerprint density at radius 3 is 2.48 bits per heavy atom. The van der Waals surface area contributed by atoms with E-state index < -0.39 is 0 Å². The Morgan fingerprint density at radius 1 is 1.10 bits per heavy atom. The van der Waals surface area contributed by atoms with Crippen LogP contribution in [0.3, 0.4) is 0 Å². The van der Waals surface area contributed by atoms with Crippen molar-refractivity contribution in [2.24, 2.45) is 5.73 Å². The summed E-state index contributed by atoms with van der Waals surface area (Å²) in [4.78, 5) is 11.9. The Morgan fingerprint density at radius 2 is 1.76 bits per heavy atom. The molecule has 0 bridgehead atoms. The van der Waals surface area contributed by atoms with Gasteiger partial charge in [0.15, 0.2) is 0 Å². The van der Waals surface area contributed by atoms with E-state index in [-0.39, 0.29) is 11.9 Å². The van der Waals surface area contributed by atoms with Gasteiger partial charge in [-0.15, -0.1) is 0 Å². The lowest BCUT2D eigenvalue weighted by molar-refractivity contribution is -0.121. The first-order chi connectivity index (χ1) is 10.2. The molecule has 110 valence electrons. The monoisotopic (exact) mass is 282 g/mol. The van der Waals surface area contributed by atoms with Crippen LogP contribution in [0.5, 0.6) is 0 Å². The van der Waals surface area contributed by atoms with E-state index in [1.165, 1.54) is 11.1 Å². The maximum atomic E-state index is 11.9. The van der Waals surface area contributed by atoms with E-state index in [0.717, 1.165) is 12.0 Å². The molecule has 2 aromatic carbocycles. The largest absolute Gasteiger partial charge is 0.356 e. The molecule has 0 aromatic heterocycles. The smallest absolute Gasteiger partial charge is 0.221 e. The van der Waals surface area contributed by atoms with Crippen LogP contribution < -0.4 is 11.1 Å². The first-order valence-electron chi connectivity index (χ1n) is 7.28. The second-order valence-electron chi connectivity index (χ2n) is 5.25. The molecular weight excluding hydrogens is 260 g/mol. The lowest BCUT2D eigenvalue weighted by Gasteiger charge is -2.12. The third-order valence-corrected chi connectivity index (χ3v) is 3.61. The van der Waals surface area contributed by atoms with Gasteiger partial charge in [-0.2, -0.15) is 0 Å². The maximum absolute atomic E-state index is 11.9. The SMILES string of the molecule is Cc1ccccc1CCNC(=O)CC(N)c1ccccc1. The first kappa shape index (κ1) is 15.3. The molecule has 1 amide bonds. The molecule has 0 aliphatic carbocycles. The van der Waals surface area contributed by atoms with Crippen molar-refractivity contribution in [3.63, 3.8) is 0 Å². The van der Waals surface area contributed by atoms with Crippen LogP contribution in [0.2, 0.25) is 0 Å². The van der Waals surface area contributed by atoms with Crippen LogP contribution in [0.25, 0.3) is 0 Å². The highest BCUT2D eigenvalue weighted by molar-refractivity contribution is 5.76. The molecule has 0 fully saturated rings. The van der Waals surface area contributed by atoms with Crippen LogP contribution in [0.1, 0.15) is 29.2 Å². The first-order valence-corrected chi connectivity index (χ1v) is 7.28. The molecule has 3 heteroatoms. The summed E-state index contributed by atoms with van der Waals surface area (Å²) >= 11 is 0. The molecule has 0 radical (unpaired) electrons.